The van der Waals surface area contributed by atoms with Gasteiger partial charge in [-0.3, -0.25) is 0 Å². The van der Waals surface area contributed by atoms with Gasteiger partial charge in [0.1, 0.15) is 0 Å². The lowest BCUT2D eigenvalue weighted by molar-refractivity contribution is 1.15. The van der Waals surface area contributed by atoms with Crippen LogP contribution in [0.1, 0.15) is 156 Å². The highest BCUT2D eigenvalue weighted by molar-refractivity contribution is 5.90. The van der Waals surface area contributed by atoms with Gasteiger partial charge in [0.25, 0.3) is 0 Å². The van der Waals surface area contributed by atoms with E-state index in [0.717, 1.165) is 0 Å². The van der Waals surface area contributed by atoms with Crippen LogP contribution >= 0.6 is 0 Å². The minimum Gasteiger partial charge on any atom is -0.0447 e. The predicted molar refractivity (Wildman–Crippen MR) is 287 cm³/mol. The van der Waals surface area contributed by atoms with Crippen LogP contribution < -0.4 is 0 Å². The van der Waals surface area contributed by atoms with Crippen LogP contribution in [0.4, 0.5) is 0 Å². The molecule has 0 heteroatoms. The van der Waals surface area contributed by atoms with E-state index in [1.54, 1.807) is 0 Å². The Morgan fingerprint density at radius 1 is 0.0781 bits per heavy atom. The molecule has 0 aliphatic carbocycles. The van der Waals surface area contributed by atoms with Crippen molar-refractivity contribution in [2.45, 2.75) is 194 Å². The molecule has 0 saturated heterocycles. The normalized spacial score (nSPS) is 11.4. The molecule has 64 heavy (non-hydrogen) atoms. The van der Waals surface area contributed by atoms with Crippen molar-refractivity contribution in [3.8, 4) is 44.5 Å². The van der Waals surface area contributed by atoms with Gasteiger partial charge >= 0.3 is 0 Å². The minimum atomic E-state index is 1.42. The highest BCUT2D eigenvalue weighted by Crippen LogP contribution is 2.48. The summed E-state index contributed by atoms with van der Waals surface area (Å²) in [5, 5.41) is 0. The molecule has 0 aliphatic rings. The molecule has 0 amide bonds. The average Bonchev–Trinajstić information content (AvgIpc) is 3.26. The second-order valence-corrected chi connectivity index (χ2v) is 20.5. The molecule has 0 atom stereocenters. The molecule has 0 bridgehead atoms. The number of benzene rings is 6. The summed E-state index contributed by atoms with van der Waals surface area (Å²) in [5.41, 5.74) is 51.5. The molecule has 0 saturated carbocycles. The number of rotatable bonds is 4. The Morgan fingerprint density at radius 3 is 0.203 bits per heavy atom. The minimum absolute atomic E-state index is 1.42. The van der Waals surface area contributed by atoms with Crippen molar-refractivity contribution < 1.29 is 0 Å². The molecule has 0 radical (unpaired) electrons. The Hall–Kier alpha value is -4.68. The SMILES string of the molecule is Cc1c(C)c(C)c(-c2c(C)c(C)c(-c3c(C)c(C)c(C)c(C)c3C)c(C)c2C)c(C)c1C.Cc1c(C)c(C)c(-c2c(C)c(C)c(-c3c(C)c(C)c(C)c(C)c3C)c(C)c2C)c(C)c1C. The van der Waals surface area contributed by atoms with Crippen LogP contribution in [0.25, 0.3) is 44.5 Å². The Morgan fingerprint density at radius 2 is 0.125 bits per heavy atom. The maximum atomic E-state index is 2.34. The molecule has 6 rings (SSSR count). The molecule has 0 heterocycles. The Kier molecular flexibility index (Phi) is 14.1. The molecule has 0 unspecified atom stereocenters. The average molecular weight is 853 g/mol. The van der Waals surface area contributed by atoms with E-state index < -0.39 is 0 Å². The van der Waals surface area contributed by atoms with E-state index in [1.165, 1.54) is 200 Å². The first kappa shape index (κ1) is 50.3. The monoisotopic (exact) mass is 853 g/mol. The molecule has 0 spiro atoms. The molecular weight excluding hydrogens is 769 g/mol. The van der Waals surface area contributed by atoms with Gasteiger partial charge in [-0.15, -0.1) is 0 Å². The third-order valence-electron chi connectivity index (χ3n) is 18.2. The van der Waals surface area contributed by atoms with Gasteiger partial charge < -0.3 is 0 Å². The lowest BCUT2D eigenvalue weighted by Crippen LogP contribution is -2.07. The smallest absolute Gasteiger partial charge is 0.0114 e. The van der Waals surface area contributed by atoms with Gasteiger partial charge in [-0.25, -0.2) is 0 Å². The van der Waals surface area contributed by atoms with Gasteiger partial charge in [0, 0.05) is 0 Å². The molecule has 0 fully saturated rings. The van der Waals surface area contributed by atoms with Crippen LogP contribution in [-0.4, -0.2) is 0 Å². The quantitative estimate of drug-likeness (QED) is 0.166. The van der Waals surface area contributed by atoms with Crippen LogP contribution in [-0.2, 0) is 0 Å². The summed E-state index contributed by atoms with van der Waals surface area (Å²) in [6, 6.07) is 0. The van der Waals surface area contributed by atoms with E-state index in [4.69, 9.17) is 0 Å². The van der Waals surface area contributed by atoms with E-state index in [9.17, 15) is 0 Å². The maximum Gasteiger partial charge on any atom is -0.0114 e. The second-order valence-electron chi connectivity index (χ2n) is 20.5. The molecule has 6 aromatic rings. The number of hydrogen-bond acceptors (Lipinski definition) is 0. The predicted octanol–water partition coefficient (Wildman–Crippen LogP) is 18.7. The summed E-state index contributed by atoms with van der Waals surface area (Å²) >= 11 is 0. The van der Waals surface area contributed by atoms with Crippen molar-refractivity contribution in [3.63, 3.8) is 0 Å². The molecular formula is C64H84. The van der Waals surface area contributed by atoms with E-state index in [-0.39, 0.29) is 0 Å². The standard InChI is InChI=1S/2C32H42/c2*1-15-17(3)21(7)29(22(8)18(15)4)31-25(11)27(13)32(28(14)26(31)12)30-23(9)19(5)16(2)20(6)24(30)10/h2*1-14H3. The lowest BCUT2D eigenvalue weighted by Gasteiger charge is -2.28. The zero-order valence-electron chi connectivity index (χ0n) is 46.0. The number of hydrogen-bond donors (Lipinski definition) is 0. The van der Waals surface area contributed by atoms with E-state index in [0.29, 0.717) is 0 Å². The van der Waals surface area contributed by atoms with Gasteiger partial charge in [-0.2, -0.15) is 0 Å². The summed E-state index contributed by atoms with van der Waals surface area (Å²) in [6.07, 6.45) is 0. The van der Waals surface area contributed by atoms with Gasteiger partial charge in [0.05, 0.1) is 0 Å². The van der Waals surface area contributed by atoms with E-state index in [2.05, 4.69) is 194 Å². The zero-order chi connectivity index (χ0) is 48.8. The molecule has 0 aromatic heterocycles. The molecule has 340 valence electrons. The summed E-state index contributed by atoms with van der Waals surface area (Å²) in [7, 11) is 0. The van der Waals surface area contributed by atoms with Crippen molar-refractivity contribution in [2.75, 3.05) is 0 Å². The molecule has 0 nitrogen and oxygen atoms in total. The first-order valence-corrected chi connectivity index (χ1v) is 24.0. The summed E-state index contributed by atoms with van der Waals surface area (Å²) in [6.45, 7) is 64.5. The highest BCUT2D eigenvalue weighted by atomic mass is 14.3. The van der Waals surface area contributed by atoms with Gasteiger partial charge in [-0.1, -0.05) is 0 Å². The second kappa shape index (κ2) is 17.9. The third kappa shape index (κ3) is 7.54. The summed E-state index contributed by atoms with van der Waals surface area (Å²) in [5.74, 6) is 0. The van der Waals surface area contributed by atoms with E-state index in [1.807, 2.05) is 0 Å². The molecule has 6 aromatic carbocycles. The van der Waals surface area contributed by atoms with Crippen molar-refractivity contribution in [1.29, 1.82) is 0 Å². The van der Waals surface area contributed by atoms with Crippen LogP contribution in [0.15, 0.2) is 0 Å². The lowest BCUT2D eigenvalue weighted by atomic mass is 9.76. The summed E-state index contributed by atoms with van der Waals surface area (Å²) < 4.78 is 0. The largest absolute Gasteiger partial charge is 0.0447 e. The van der Waals surface area contributed by atoms with Crippen molar-refractivity contribution in [1.82, 2.24) is 0 Å². The maximum absolute atomic E-state index is 2.34. The Labute approximate surface area is 392 Å². The zero-order valence-corrected chi connectivity index (χ0v) is 46.0. The Balaban J connectivity index is 0.000000241. The van der Waals surface area contributed by atoms with Crippen LogP contribution in [0, 0.1) is 194 Å². The van der Waals surface area contributed by atoms with Gasteiger partial charge in [0.15, 0.2) is 0 Å². The Bertz CT molecular complexity index is 2390. The van der Waals surface area contributed by atoms with Crippen LogP contribution in [0.3, 0.4) is 0 Å². The van der Waals surface area contributed by atoms with Crippen molar-refractivity contribution in [2.24, 2.45) is 0 Å². The fourth-order valence-corrected chi connectivity index (χ4v) is 11.6. The first-order valence-electron chi connectivity index (χ1n) is 24.0. The van der Waals surface area contributed by atoms with Gasteiger partial charge in [-0.05, 0) is 394 Å². The fraction of sp³-hybridized carbons (Fsp3) is 0.438. The van der Waals surface area contributed by atoms with Crippen molar-refractivity contribution >= 4 is 0 Å². The third-order valence-corrected chi connectivity index (χ3v) is 18.2. The van der Waals surface area contributed by atoms with E-state index >= 15 is 0 Å². The topological polar surface area (TPSA) is 0 Å². The fourth-order valence-electron chi connectivity index (χ4n) is 11.6. The van der Waals surface area contributed by atoms with Crippen LogP contribution in [0.5, 0.6) is 0 Å². The summed E-state index contributed by atoms with van der Waals surface area (Å²) in [4.78, 5) is 0. The highest BCUT2D eigenvalue weighted by Gasteiger charge is 2.27. The van der Waals surface area contributed by atoms with Gasteiger partial charge in [0.2, 0.25) is 0 Å². The molecule has 0 aliphatic heterocycles. The van der Waals surface area contributed by atoms with Crippen molar-refractivity contribution in [3.05, 3.63) is 156 Å². The van der Waals surface area contributed by atoms with Crippen LogP contribution in [0.2, 0.25) is 0 Å². The molecule has 0 N–H and O–H groups in total. The first-order chi connectivity index (χ1) is 29.5.